The molecule has 0 saturated carbocycles. The van der Waals surface area contributed by atoms with E-state index in [4.69, 9.17) is 4.52 Å². The molecule has 2 rings (SSSR count). The van der Waals surface area contributed by atoms with Crippen molar-refractivity contribution < 1.29 is 4.52 Å². The van der Waals surface area contributed by atoms with Crippen molar-refractivity contribution in [3.05, 3.63) is 41.7 Å². The van der Waals surface area contributed by atoms with Crippen LogP contribution >= 0.6 is 0 Å². The van der Waals surface area contributed by atoms with Crippen molar-refractivity contribution in [3.63, 3.8) is 0 Å². The summed E-state index contributed by atoms with van der Waals surface area (Å²) in [6, 6.07) is 8.19. The summed E-state index contributed by atoms with van der Waals surface area (Å²) < 4.78 is 4.81. The molecule has 66 valence electrons. The molecule has 0 fully saturated rings. The van der Waals surface area contributed by atoms with Crippen molar-refractivity contribution in [3.8, 4) is 11.3 Å². The van der Waals surface area contributed by atoms with Crippen LogP contribution in [-0.2, 0) is 0 Å². The van der Waals surface area contributed by atoms with Crippen molar-refractivity contribution in [2.24, 2.45) is 0 Å². The molecule has 0 amide bonds. The second-order valence-corrected chi connectivity index (χ2v) is 3.20. The van der Waals surface area contributed by atoms with Crippen LogP contribution in [0.4, 0.5) is 0 Å². The quantitative estimate of drug-likeness (QED) is 0.662. The van der Waals surface area contributed by atoms with Gasteiger partial charge in [0.05, 0.1) is 0 Å². The molecule has 0 atom stereocenters. The number of rotatable bonds is 1. The molecule has 1 aromatic carbocycles. The molecular weight excluding hydrogens is 162 g/mol. The molecule has 0 radical (unpaired) electrons. The Labute approximate surface area is 77.2 Å². The van der Waals surface area contributed by atoms with Crippen LogP contribution in [0.2, 0.25) is 0 Å². The summed E-state index contributed by atoms with van der Waals surface area (Å²) in [5.41, 5.74) is 4.51. The first-order valence-electron chi connectivity index (χ1n) is 4.25. The Balaban J connectivity index is 2.57. The van der Waals surface area contributed by atoms with Crippen LogP contribution in [0.25, 0.3) is 11.3 Å². The van der Waals surface area contributed by atoms with Crippen LogP contribution < -0.4 is 0 Å². The van der Waals surface area contributed by atoms with E-state index in [2.05, 4.69) is 37.2 Å². The number of aryl methyl sites for hydroxylation is 2. The molecule has 2 aromatic rings. The first-order valence-corrected chi connectivity index (χ1v) is 4.25. The molecule has 0 saturated heterocycles. The number of benzene rings is 1. The van der Waals surface area contributed by atoms with Gasteiger partial charge in [0.1, 0.15) is 12.0 Å². The smallest absolute Gasteiger partial charge is 0.124 e. The fourth-order valence-corrected chi connectivity index (χ4v) is 1.36. The number of hydrogen-bond donors (Lipinski definition) is 0. The van der Waals surface area contributed by atoms with Gasteiger partial charge < -0.3 is 4.52 Å². The van der Waals surface area contributed by atoms with Crippen LogP contribution in [0.5, 0.6) is 0 Å². The van der Waals surface area contributed by atoms with Crippen LogP contribution in [-0.4, -0.2) is 5.16 Å². The Kier molecular flexibility index (Phi) is 1.89. The fraction of sp³-hybridized carbons (Fsp3) is 0.182. The van der Waals surface area contributed by atoms with Gasteiger partial charge in [0.15, 0.2) is 0 Å². The maximum absolute atomic E-state index is 4.81. The van der Waals surface area contributed by atoms with Gasteiger partial charge in [0, 0.05) is 11.6 Å². The van der Waals surface area contributed by atoms with E-state index in [9.17, 15) is 0 Å². The Morgan fingerprint density at radius 3 is 2.69 bits per heavy atom. The molecular formula is C11H11NO. The zero-order chi connectivity index (χ0) is 9.26. The van der Waals surface area contributed by atoms with Gasteiger partial charge in [-0.25, -0.2) is 0 Å². The summed E-state index contributed by atoms with van der Waals surface area (Å²) in [5, 5.41) is 3.91. The van der Waals surface area contributed by atoms with Gasteiger partial charge in [0.2, 0.25) is 0 Å². The highest BCUT2D eigenvalue weighted by Crippen LogP contribution is 2.22. The van der Waals surface area contributed by atoms with Gasteiger partial charge in [-0.15, -0.1) is 0 Å². The Morgan fingerprint density at radius 1 is 1.15 bits per heavy atom. The molecule has 0 aliphatic carbocycles. The summed E-state index contributed by atoms with van der Waals surface area (Å²) in [6.07, 6.45) is 1.59. The Hall–Kier alpha value is -1.57. The van der Waals surface area contributed by atoms with E-state index in [-0.39, 0.29) is 0 Å². The number of hydrogen-bond acceptors (Lipinski definition) is 2. The van der Waals surface area contributed by atoms with E-state index in [0.717, 1.165) is 11.3 Å². The monoisotopic (exact) mass is 173 g/mol. The third-order valence-corrected chi connectivity index (χ3v) is 2.11. The summed E-state index contributed by atoms with van der Waals surface area (Å²) in [7, 11) is 0. The van der Waals surface area contributed by atoms with Gasteiger partial charge >= 0.3 is 0 Å². The lowest BCUT2D eigenvalue weighted by Gasteiger charge is -2.02. The second-order valence-electron chi connectivity index (χ2n) is 3.20. The lowest BCUT2D eigenvalue weighted by molar-refractivity contribution is 0.422. The highest BCUT2D eigenvalue weighted by atomic mass is 16.5. The van der Waals surface area contributed by atoms with E-state index in [0.29, 0.717) is 0 Å². The van der Waals surface area contributed by atoms with Crippen molar-refractivity contribution in [1.82, 2.24) is 5.16 Å². The van der Waals surface area contributed by atoms with Crippen molar-refractivity contribution in [2.75, 3.05) is 0 Å². The zero-order valence-corrected chi connectivity index (χ0v) is 7.74. The van der Waals surface area contributed by atoms with Crippen LogP contribution in [0, 0.1) is 13.8 Å². The van der Waals surface area contributed by atoms with Crippen molar-refractivity contribution in [1.29, 1.82) is 0 Å². The molecule has 0 bridgehead atoms. The van der Waals surface area contributed by atoms with Crippen molar-refractivity contribution in [2.45, 2.75) is 13.8 Å². The highest BCUT2D eigenvalue weighted by molar-refractivity contribution is 5.63. The molecule has 1 aromatic heterocycles. The van der Waals surface area contributed by atoms with Gasteiger partial charge in [0.25, 0.3) is 0 Å². The van der Waals surface area contributed by atoms with E-state index in [1.54, 1.807) is 6.26 Å². The molecule has 2 heteroatoms. The normalized spacial score (nSPS) is 10.3. The van der Waals surface area contributed by atoms with Gasteiger partial charge in [-0.05, 0) is 25.5 Å². The minimum absolute atomic E-state index is 0.904. The lowest BCUT2D eigenvalue weighted by Crippen LogP contribution is -1.84. The van der Waals surface area contributed by atoms with E-state index in [1.165, 1.54) is 11.1 Å². The molecule has 0 spiro atoms. The minimum atomic E-state index is 0.904. The summed E-state index contributed by atoms with van der Waals surface area (Å²) >= 11 is 0. The zero-order valence-electron chi connectivity index (χ0n) is 7.74. The van der Waals surface area contributed by atoms with Crippen LogP contribution in [0.15, 0.2) is 35.1 Å². The van der Waals surface area contributed by atoms with Gasteiger partial charge in [-0.1, -0.05) is 22.9 Å². The molecule has 13 heavy (non-hydrogen) atoms. The largest absolute Gasteiger partial charge is 0.364 e. The Bertz CT molecular complexity index is 404. The van der Waals surface area contributed by atoms with Crippen LogP contribution in [0.1, 0.15) is 11.1 Å². The molecule has 0 N–H and O–H groups in total. The summed E-state index contributed by atoms with van der Waals surface area (Å²) in [4.78, 5) is 0. The minimum Gasteiger partial charge on any atom is -0.364 e. The van der Waals surface area contributed by atoms with Crippen molar-refractivity contribution >= 4 is 0 Å². The predicted octanol–water partition coefficient (Wildman–Crippen LogP) is 2.96. The molecule has 0 aliphatic rings. The maximum Gasteiger partial charge on any atom is 0.124 e. The van der Waals surface area contributed by atoms with Gasteiger partial charge in [-0.3, -0.25) is 0 Å². The lowest BCUT2D eigenvalue weighted by atomic mass is 10.0. The third-order valence-electron chi connectivity index (χ3n) is 2.11. The van der Waals surface area contributed by atoms with E-state index in [1.807, 2.05) is 6.07 Å². The fourth-order valence-electron chi connectivity index (χ4n) is 1.36. The summed E-state index contributed by atoms with van der Waals surface area (Å²) in [6.45, 7) is 4.15. The van der Waals surface area contributed by atoms with E-state index < -0.39 is 0 Å². The average Bonchev–Trinajstić information content (AvgIpc) is 2.61. The number of nitrogens with zero attached hydrogens (tertiary/aromatic N) is 1. The second kappa shape index (κ2) is 3.05. The Morgan fingerprint density at radius 2 is 2.00 bits per heavy atom. The molecule has 0 aliphatic heterocycles. The highest BCUT2D eigenvalue weighted by Gasteiger charge is 2.04. The van der Waals surface area contributed by atoms with Gasteiger partial charge in [-0.2, -0.15) is 0 Å². The SMILES string of the molecule is Cc1ccc(C)c(-c2ccon2)c1. The average molecular weight is 173 g/mol. The molecule has 0 unspecified atom stereocenters. The first-order chi connectivity index (χ1) is 6.27. The topological polar surface area (TPSA) is 26.0 Å². The first kappa shape index (κ1) is 8.05. The van der Waals surface area contributed by atoms with Crippen LogP contribution in [0.3, 0.4) is 0 Å². The summed E-state index contributed by atoms with van der Waals surface area (Å²) in [5.74, 6) is 0. The number of aromatic nitrogens is 1. The predicted molar refractivity (Wildman–Crippen MR) is 51.4 cm³/mol. The molecule has 2 nitrogen and oxygen atoms in total. The maximum atomic E-state index is 4.81. The third kappa shape index (κ3) is 1.47. The molecule has 1 heterocycles. The standard InChI is InChI=1S/C11H11NO/c1-8-3-4-9(2)10(7-8)11-5-6-13-12-11/h3-7H,1-2H3. The van der Waals surface area contributed by atoms with E-state index >= 15 is 0 Å².